The molecular formula is C11H24Na3O5P2+. The molecule has 0 aliphatic carbocycles. The van der Waals surface area contributed by atoms with Crippen LogP contribution < -0.4 is 98.5 Å². The topological polar surface area (TPSA) is 100 Å². The van der Waals surface area contributed by atoms with Gasteiger partial charge in [0.05, 0.1) is 5.90 Å². The van der Waals surface area contributed by atoms with E-state index in [0.29, 0.717) is 6.42 Å². The summed E-state index contributed by atoms with van der Waals surface area (Å²) < 4.78 is 21.8. The molecule has 0 aromatic rings. The molecule has 0 rings (SSSR count). The third-order valence-corrected chi connectivity index (χ3v) is 6.92. The zero-order valence-corrected chi connectivity index (χ0v) is 21.8. The third kappa shape index (κ3) is 25.7. The average molecular weight is 367 g/mol. The third-order valence-electron chi connectivity index (χ3n) is 2.76. The van der Waals surface area contributed by atoms with Gasteiger partial charge in [0.15, 0.2) is 0 Å². The second kappa shape index (κ2) is 18.1. The first-order valence-corrected chi connectivity index (χ1v) is 10.3. The van der Waals surface area contributed by atoms with Gasteiger partial charge >= 0.3 is 88.7 Å². The van der Waals surface area contributed by atoms with Crippen LogP contribution >= 0.6 is 15.0 Å². The van der Waals surface area contributed by atoms with Crippen molar-refractivity contribution in [2.24, 2.45) is 0 Å². The van der Waals surface area contributed by atoms with Crippen LogP contribution in [0.2, 0.25) is 0 Å². The Balaban J connectivity index is -0.000000482. The molecule has 110 valence electrons. The number of hydrogen-bond acceptors (Lipinski definition) is 4. The van der Waals surface area contributed by atoms with E-state index in [1.807, 2.05) is 0 Å². The quantitative estimate of drug-likeness (QED) is 0.222. The normalized spacial score (nSPS) is 13.3. The number of rotatable bonds is 11. The van der Waals surface area contributed by atoms with Crippen molar-refractivity contribution >= 4 is 15.0 Å². The van der Waals surface area contributed by atoms with Crippen LogP contribution in [0.3, 0.4) is 0 Å². The fourth-order valence-electron chi connectivity index (χ4n) is 1.83. The molecule has 0 saturated heterocycles. The summed E-state index contributed by atoms with van der Waals surface area (Å²) in [5.41, 5.74) is 0. The van der Waals surface area contributed by atoms with Crippen LogP contribution in [-0.2, 0) is 9.13 Å². The first-order valence-electron chi connectivity index (χ1n) is 6.59. The van der Waals surface area contributed by atoms with Crippen LogP contribution in [-0.4, -0.2) is 17.0 Å². The fraction of sp³-hybridized carbons (Fsp3) is 1.00. The van der Waals surface area contributed by atoms with Gasteiger partial charge in [0.2, 0.25) is 7.37 Å². The Morgan fingerprint density at radius 1 is 0.810 bits per heavy atom. The maximum absolute atomic E-state index is 11.4. The molecule has 1 unspecified atom stereocenters. The molecule has 0 aromatic carbocycles. The number of hydrogen-bond donors (Lipinski definition) is 1. The maximum Gasteiger partial charge on any atom is 1.00 e. The summed E-state index contributed by atoms with van der Waals surface area (Å²) in [6.45, 7) is 2.16. The van der Waals surface area contributed by atoms with E-state index in [4.69, 9.17) is 0 Å². The van der Waals surface area contributed by atoms with Gasteiger partial charge in [-0.25, -0.2) is 0 Å². The van der Waals surface area contributed by atoms with Gasteiger partial charge < -0.3 is 19.2 Å². The zero-order chi connectivity index (χ0) is 14.1. The van der Waals surface area contributed by atoms with Crippen LogP contribution in [0.5, 0.6) is 0 Å². The summed E-state index contributed by atoms with van der Waals surface area (Å²) in [6, 6.07) is 0. The Morgan fingerprint density at radius 2 is 1.19 bits per heavy atom. The van der Waals surface area contributed by atoms with Gasteiger partial charge in [-0.1, -0.05) is 59.5 Å². The minimum Gasteiger partial charge on any atom is -0.810 e. The van der Waals surface area contributed by atoms with Crippen LogP contribution in [0, 0.1) is 0 Å². The Hall–Kier alpha value is 3.34. The molecule has 0 aliphatic rings. The monoisotopic (exact) mass is 367 g/mol. The van der Waals surface area contributed by atoms with Crippen molar-refractivity contribution in [3.05, 3.63) is 0 Å². The van der Waals surface area contributed by atoms with Crippen LogP contribution in [0.4, 0.5) is 0 Å². The second-order valence-electron chi connectivity index (χ2n) is 4.80. The van der Waals surface area contributed by atoms with Crippen molar-refractivity contribution in [3.63, 3.8) is 0 Å². The molecule has 0 bridgehead atoms. The van der Waals surface area contributed by atoms with Gasteiger partial charge in [0.25, 0.3) is 0 Å². The SMILES string of the molecule is CCCCCCCCCCP(=O)(O)CP(=O)([O-])[O-].[Na+].[Na+].[Na+]. The van der Waals surface area contributed by atoms with E-state index in [-0.39, 0.29) is 94.8 Å². The summed E-state index contributed by atoms with van der Waals surface area (Å²) in [6.07, 6.45) is 8.24. The van der Waals surface area contributed by atoms with Gasteiger partial charge in [0.1, 0.15) is 0 Å². The van der Waals surface area contributed by atoms with Crippen molar-refractivity contribution in [2.75, 3.05) is 12.1 Å². The summed E-state index contributed by atoms with van der Waals surface area (Å²) in [4.78, 5) is 30.2. The molecule has 1 atom stereocenters. The maximum atomic E-state index is 11.4. The molecule has 1 N–H and O–H groups in total. The van der Waals surface area contributed by atoms with Crippen LogP contribution in [0.25, 0.3) is 0 Å². The first kappa shape index (κ1) is 32.0. The molecule has 0 aromatic heterocycles. The second-order valence-corrected chi connectivity index (χ2v) is 9.29. The molecule has 0 radical (unpaired) electrons. The van der Waals surface area contributed by atoms with E-state index in [1.165, 1.54) is 25.7 Å². The molecule has 0 aliphatic heterocycles. The summed E-state index contributed by atoms with van der Waals surface area (Å²) >= 11 is 0. The average Bonchev–Trinajstić information content (AvgIpc) is 2.18. The molecular weight excluding hydrogens is 343 g/mol. The van der Waals surface area contributed by atoms with E-state index < -0.39 is 20.9 Å². The van der Waals surface area contributed by atoms with E-state index in [2.05, 4.69) is 6.92 Å². The summed E-state index contributed by atoms with van der Waals surface area (Å²) in [5, 5.41) is 0. The molecule has 0 spiro atoms. The van der Waals surface area contributed by atoms with Crippen LogP contribution in [0.1, 0.15) is 58.3 Å². The van der Waals surface area contributed by atoms with Crippen molar-refractivity contribution in [1.29, 1.82) is 0 Å². The predicted molar refractivity (Wildman–Crippen MR) is 69.8 cm³/mol. The Morgan fingerprint density at radius 3 is 1.57 bits per heavy atom. The summed E-state index contributed by atoms with van der Waals surface area (Å²) in [7, 11) is -8.64. The van der Waals surface area contributed by atoms with Crippen molar-refractivity contribution in [1.82, 2.24) is 0 Å². The molecule has 0 heterocycles. The van der Waals surface area contributed by atoms with Crippen LogP contribution in [0.15, 0.2) is 0 Å². The van der Waals surface area contributed by atoms with Gasteiger partial charge in [-0.3, -0.25) is 4.57 Å². The van der Waals surface area contributed by atoms with E-state index in [0.717, 1.165) is 19.3 Å². The Labute approximate surface area is 195 Å². The van der Waals surface area contributed by atoms with E-state index in [1.54, 1.807) is 0 Å². The molecule has 10 heteroatoms. The Kier molecular flexibility index (Phi) is 27.7. The minimum atomic E-state index is -4.87. The van der Waals surface area contributed by atoms with Gasteiger partial charge in [-0.15, -0.1) is 0 Å². The van der Waals surface area contributed by atoms with Crippen molar-refractivity contribution in [3.8, 4) is 0 Å². The molecule has 0 saturated carbocycles. The standard InChI is InChI=1S/C11H26O5P2.3Na/c1-2-3-4-5-6-7-8-9-10-17(12,13)11-18(14,15)16;;;/h2-11H2,1H3,(H,12,13)(H2,14,15,16);;;/q;3*+1/p-2. The van der Waals surface area contributed by atoms with E-state index >= 15 is 0 Å². The van der Waals surface area contributed by atoms with E-state index in [9.17, 15) is 23.8 Å². The fourth-order valence-corrected chi connectivity index (χ4v) is 5.28. The Bertz CT molecular complexity index is 312. The van der Waals surface area contributed by atoms with Crippen molar-refractivity contribution in [2.45, 2.75) is 58.3 Å². The minimum absolute atomic E-state index is 0. The molecule has 0 amide bonds. The predicted octanol–water partition coefficient (Wildman–Crippen LogP) is -6.72. The molecule has 0 fully saturated rings. The van der Waals surface area contributed by atoms with Crippen molar-refractivity contribution < 1.29 is 112 Å². The zero-order valence-electron chi connectivity index (χ0n) is 14.0. The summed E-state index contributed by atoms with van der Waals surface area (Å²) in [5.74, 6) is -1.10. The van der Waals surface area contributed by atoms with Gasteiger partial charge in [-0.2, -0.15) is 0 Å². The largest absolute Gasteiger partial charge is 1.00 e. The van der Waals surface area contributed by atoms with Gasteiger partial charge in [0, 0.05) is 6.16 Å². The number of unbranched alkanes of at least 4 members (excludes halogenated alkanes) is 7. The first-order chi connectivity index (χ1) is 8.27. The molecule has 21 heavy (non-hydrogen) atoms. The smallest absolute Gasteiger partial charge is 0.810 e. The van der Waals surface area contributed by atoms with Gasteiger partial charge in [-0.05, 0) is 6.42 Å². The molecule has 5 nitrogen and oxygen atoms in total.